The molecule has 0 radical (unpaired) electrons. The van der Waals surface area contributed by atoms with Crippen LogP contribution in [0, 0.1) is 0 Å². The lowest BCUT2D eigenvalue weighted by atomic mass is 10.1. The molecule has 2 aromatic carbocycles. The Bertz CT molecular complexity index is 1070. The summed E-state index contributed by atoms with van der Waals surface area (Å²) in [5, 5.41) is 8.60. The highest BCUT2D eigenvalue weighted by molar-refractivity contribution is 6.04. The van der Waals surface area contributed by atoms with Crippen LogP contribution in [0.5, 0.6) is 0 Å². The summed E-state index contributed by atoms with van der Waals surface area (Å²) < 4.78 is 2.12. The van der Waals surface area contributed by atoms with Crippen LogP contribution in [0.15, 0.2) is 60.9 Å². The third kappa shape index (κ3) is 5.51. The van der Waals surface area contributed by atoms with Gasteiger partial charge in [0.15, 0.2) is 0 Å². The lowest BCUT2D eigenvalue weighted by Gasteiger charge is -2.12. The summed E-state index contributed by atoms with van der Waals surface area (Å²) in [6.07, 6.45) is 5.86. The lowest BCUT2D eigenvalue weighted by Crippen LogP contribution is -2.30. The second-order valence-electron chi connectivity index (χ2n) is 8.17. The summed E-state index contributed by atoms with van der Waals surface area (Å²) in [5.74, 6) is 1.18. The molecule has 4 rings (SSSR count). The van der Waals surface area contributed by atoms with Crippen molar-refractivity contribution < 1.29 is 9.59 Å². The van der Waals surface area contributed by atoms with Crippen LogP contribution in [0.2, 0.25) is 0 Å². The molecule has 3 N–H and O–H groups in total. The van der Waals surface area contributed by atoms with Crippen molar-refractivity contribution in [3.05, 3.63) is 77.9 Å². The molecule has 0 spiro atoms. The lowest BCUT2D eigenvalue weighted by molar-refractivity contribution is 0.102. The number of aromatic nitrogens is 2. The maximum absolute atomic E-state index is 12.6. The van der Waals surface area contributed by atoms with Crippen molar-refractivity contribution >= 4 is 23.3 Å². The molecule has 3 aromatic rings. The predicted octanol–water partition coefficient (Wildman–Crippen LogP) is 4.59. The first-order valence-corrected chi connectivity index (χ1v) is 10.6. The first kappa shape index (κ1) is 20.7. The number of benzene rings is 2. The van der Waals surface area contributed by atoms with E-state index in [1.165, 1.54) is 0 Å². The molecule has 7 nitrogen and oxygen atoms in total. The molecule has 1 aliphatic carbocycles. The summed E-state index contributed by atoms with van der Waals surface area (Å²) in [6.45, 7) is 4.94. The van der Waals surface area contributed by atoms with E-state index >= 15 is 0 Å². The van der Waals surface area contributed by atoms with Crippen LogP contribution >= 0.6 is 0 Å². The van der Waals surface area contributed by atoms with Gasteiger partial charge in [-0.3, -0.25) is 4.79 Å². The number of carbonyl (C=O) groups excluding carboxylic acids is 2. The van der Waals surface area contributed by atoms with E-state index in [1.807, 2.05) is 36.7 Å². The third-order valence-electron chi connectivity index (χ3n) is 5.12. The van der Waals surface area contributed by atoms with Gasteiger partial charge in [-0.15, -0.1) is 0 Å². The average Bonchev–Trinajstić information content (AvgIpc) is 3.42. The smallest absolute Gasteiger partial charge is 0.319 e. The number of rotatable bonds is 7. The molecular weight excluding hydrogens is 390 g/mol. The van der Waals surface area contributed by atoms with Gasteiger partial charge >= 0.3 is 6.03 Å². The fraction of sp³-hybridized carbons (Fsp3) is 0.292. The molecular formula is C24H27N5O2. The molecule has 1 saturated carbocycles. The summed E-state index contributed by atoms with van der Waals surface area (Å²) >= 11 is 0. The molecule has 1 aliphatic rings. The minimum atomic E-state index is -0.213. The molecule has 1 fully saturated rings. The van der Waals surface area contributed by atoms with E-state index < -0.39 is 0 Å². The molecule has 0 atom stereocenters. The Labute approximate surface area is 181 Å². The normalized spacial score (nSPS) is 13.1. The first-order chi connectivity index (χ1) is 15.0. The minimum absolute atomic E-state index is 0.198. The summed E-state index contributed by atoms with van der Waals surface area (Å²) in [6, 6.07) is 14.8. The number of nitrogens with one attached hydrogen (secondary N) is 3. The molecule has 7 heteroatoms. The van der Waals surface area contributed by atoms with Crippen molar-refractivity contribution in [2.45, 2.75) is 45.2 Å². The SMILES string of the molecule is CC(C)c1nccn1Cc1cccc(NC(=O)c2ccc(NC(=O)NC3CC3)cc2)c1. The van der Waals surface area contributed by atoms with Gasteiger partial charge in [-0.05, 0) is 54.8 Å². The van der Waals surface area contributed by atoms with Crippen LogP contribution in [0.1, 0.15) is 54.4 Å². The average molecular weight is 418 g/mol. The summed E-state index contributed by atoms with van der Waals surface area (Å²) in [7, 11) is 0. The molecule has 0 aliphatic heterocycles. The Kier molecular flexibility index (Phi) is 6.02. The van der Waals surface area contributed by atoms with E-state index in [0.717, 1.165) is 29.9 Å². The van der Waals surface area contributed by atoms with Gasteiger partial charge in [0.2, 0.25) is 0 Å². The quantitative estimate of drug-likeness (QED) is 0.525. The second kappa shape index (κ2) is 9.04. The maximum atomic E-state index is 12.6. The van der Waals surface area contributed by atoms with Crippen molar-refractivity contribution in [3.63, 3.8) is 0 Å². The van der Waals surface area contributed by atoms with Crippen LogP contribution in [0.4, 0.5) is 16.2 Å². The number of carbonyl (C=O) groups is 2. The Hall–Kier alpha value is -3.61. The zero-order valence-corrected chi connectivity index (χ0v) is 17.8. The summed E-state index contributed by atoms with van der Waals surface area (Å²) in [4.78, 5) is 28.9. The van der Waals surface area contributed by atoms with Crippen molar-refractivity contribution in [1.29, 1.82) is 0 Å². The fourth-order valence-corrected chi connectivity index (χ4v) is 3.39. The Morgan fingerprint density at radius 1 is 1.06 bits per heavy atom. The Balaban J connectivity index is 1.37. The van der Waals surface area contributed by atoms with E-state index in [-0.39, 0.29) is 11.9 Å². The standard InChI is InChI=1S/C24H27N5O2/c1-16(2)22-25-12-13-29(22)15-17-4-3-5-21(14-17)26-23(30)18-6-8-19(9-7-18)27-24(31)28-20-10-11-20/h3-9,12-14,16,20H,10-11,15H2,1-2H3,(H,26,30)(H2,27,28,31). The third-order valence-corrected chi connectivity index (χ3v) is 5.12. The molecule has 0 saturated heterocycles. The number of hydrogen-bond acceptors (Lipinski definition) is 3. The van der Waals surface area contributed by atoms with Gasteiger partial charge in [-0.25, -0.2) is 9.78 Å². The Morgan fingerprint density at radius 2 is 1.84 bits per heavy atom. The van der Waals surface area contributed by atoms with Gasteiger partial charge in [-0.1, -0.05) is 26.0 Å². The van der Waals surface area contributed by atoms with Crippen LogP contribution in [0.3, 0.4) is 0 Å². The number of anilines is 2. The van der Waals surface area contributed by atoms with Gasteiger partial charge in [0.25, 0.3) is 5.91 Å². The van der Waals surface area contributed by atoms with Gasteiger partial charge in [0.05, 0.1) is 0 Å². The van der Waals surface area contributed by atoms with Crippen molar-refractivity contribution in [1.82, 2.24) is 14.9 Å². The predicted molar refractivity (Wildman–Crippen MR) is 121 cm³/mol. The highest BCUT2D eigenvalue weighted by Gasteiger charge is 2.23. The zero-order chi connectivity index (χ0) is 21.8. The highest BCUT2D eigenvalue weighted by Crippen LogP contribution is 2.20. The number of amides is 3. The maximum Gasteiger partial charge on any atom is 0.319 e. The molecule has 31 heavy (non-hydrogen) atoms. The Morgan fingerprint density at radius 3 is 2.55 bits per heavy atom. The molecule has 1 heterocycles. The van der Waals surface area contributed by atoms with E-state index in [2.05, 4.69) is 39.3 Å². The van der Waals surface area contributed by atoms with Crippen LogP contribution in [-0.2, 0) is 6.54 Å². The molecule has 0 bridgehead atoms. The monoisotopic (exact) mass is 417 g/mol. The van der Waals surface area contributed by atoms with Gasteiger partial charge in [0.1, 0.15) is 5.82 Å². The van der Waals surface area contributed by atoms with E-state index in [0.29, 0.717) is 29.8 Å². The van der Waals surface area contributed by atoms with Gasteiger partial charge in [-0.2, -0.15) is 0 Å². The number of imidazole rings is 1. The zero-order valence-electron chi connectivity index (χ0n) is 17.8. The van der Waals surface area contributed by atoms with Gasteiger partial charge < -0.3 is 20.5 Å². The van der Waals surface area contributed by atoms with Crippen molar-refractivity contribution in [2.24, 2.45) is 0 Å². The topological polar surface area (TPSA) is 88.1 Å². The molecule has 3 amide bonds. The van der Waals surface area contributed by atoms with E-state index in [9.17, 15) is 9.59 Å². The van der Waals surface area contributed by atoms with E-state index in [4.69, 9.17) is 0 Å². The van der Waals surface area contributed by atoms with E-state index in [1.54, 1.807) is 24.3 Å². The minimum Gasteiger partial charge on any atom is -0.335 e. The molecule has 160 valence electrons. The number of nitrogens with zero attached hydrogens (tertiary/aromatic N) is 2. The van der Waals surface area contributed by atoms with Crippen molar-refractivity contribution in [2.75, 3.05) is 10.6 Å². The van der Waals surface area contributed by atoms with Crippen LogP contribution < -0.4 is 16.0 Å². The summed E-state index contributed by atoms with van der Waals surface area (Å²) in [5.41, 5.74) is 2.99. The van der Waals surface area contributed by atoms with Crippen LogP contribution in [-0.4, -0.2) is 27.5 Å². The fourth-order valence-electron chi connectivity index (χ4n) is 3.39. The molecule has 1 aromatic heterocycles. The van der Waals surface area contributed by atoms with Crippen molar-refractivity contribution in [3.8, 4) is 0 Å². The first-order valence-electron chi connectivity index (χ1n) is 10.6. The largest absolute Gasteiger partial charge is 0.335 e. The second-order valence-corrected chi connectivity index (χ2v) is 8.17. The number of hydrogen-bond donors (Lipinski definition) is 3. The molecule has 0 unspecified atom stereocenters. The van der Waals surface area contributed by atoms with Crippen LogP contribution in [0.25, 0.3) is 0 Å². The number of urea groups is 1. The van der Waals surface area contributed by atoms with Gasteiger partial charge in [0, 0.05) is 47.8 Å². The highest BCUT2D eigenvalue weighted by atomic mass is 16.2.